The van der Waals surface area contributed by atoms with Gasteiger partial charge in [-0.05, 0) is 54.8 Å². The van der Waals surface area contributed by atoms with Gasteiger partial charge in [0.05, 0.1) is 41.0 Å². The summed E-state index contributed by atoms with van der Waals surface area (Å²) in [5, 5.41) is 14.8. The number of hydrogen-bond acceptors (Lipinski definition) is 6. The van der Waals surface area contributed by atoms with E-state index in [0.717, 1.165) is 35.0 Å². The molecule has 0 saturated carbocycles. The number of carbonyl (C=O) groups excluding carboxylic acids is 2. The van der Waals surface area contributed by atoms with Crippen LogP contribution >= 0.6 is 0 Å². The first-order valence-corrected chi connectivity index (χ1v) is 16.0. The molecule has 0 unspecified atom stereocenters. The van der Waals surface area contributed by atoms with Crippen molar-refractivity contribution >= 4 is 44.1 Å². The molecule has 0 fully saturated rings. The van der Waals surface area contributed by atoms with Crippen LogP contribution in [0.15, 0.2) is 89.8 Å². The molecule has 0 bridgehead atoms. The zero-order valence-corrected chi connectivity index (χ0v) is 25.9. The molecule has 0 radical (unpaired) electrons. The van der Waals surface area contributed by atoms with Crippen molar-refractivity contribution in [3.8, 4) is 5.75 Å². The van der Waals surface area contributed by atoms with Crippen molar-refractivity contribution in [3.63, 3.8) is 0 Å². The van der Waals surface area contributed by atoms with E-state index >= 15 is 0 Å². The van der Waals surface area contributed by atoms with Crippen LogP contribution in [-0.4, -0.2) is 74.2 Å². The van der Waals surface area contributed by atoms with Gasteiger partial charge in [-0.2, -0.15) is 0 Å². The van der Waals surface area contributed by atoms with Gasteiger partial charge in [0.25, 0.3) is 15.9 Å². The number of aliphatic hydroxyl groups excluding tert-OH is 1. The SMILES string of the molecule is C[C@H]1CN([C@@H](C)CO)C(=O)c2cccc(NS(=O)(=O)c3ccc(F)cc3)c2O[C@H]1CN(C)C(=O)Nc1cccc2ccccc12. The predicted octanol–water partition coefficient (Wildman–Crippen LogP) is 5.16. The zero-order chi connectivity index (χ0) is 32.3. The number of sulfonamides is 1. The maximum Gasteiger partial charge on any atom is 0.321 e. The second kappa shape index (κ2) is 13.1. The monoisotopic (exact) mass is 634 g/mol. The van der Waals surface area contributed by atoms with Crippen molar-refractivity contribution in [2.45, 2.75) is 30.9 Å². The van der Waals surface area contributed by atoms with E-state index in [-0.39, 0.29) is 53.5 Å². The lowest BCUT2D eigenvalue weighted by Crippen LogP contribution is -2.50. The summed E-state index contributed by atoms with van der Waals surface area (Å²) in [6.45, 7) is 3.60. The van der Waals surface area contributed by atoms with Crippen LogP contribution in [0.2, 0.25) is 0 Å². The van der Waals surface area contributed by atoms with Crippen LogP contribution in [0.3, 0.4) is 0 Å². The standard InChI is InChI=1S/C33H35FN4O6S/c1-21-18-38(22(2)20-39)32(40)27-11-7-13-29(36-45(42,43)25-16-14-24(34)15-17-25)31(27)44-30(21)19-37(3)33(41)35-28-12-6-9-23-8-4-5-10-26(23)28/h4-17,21-22,30,36,39H,18-20H2,1-3H3,(H,35,41)/t21-,22-,30-/m0/s1. The van der Waals surface area contributed by atoms with Crippen LogP contribution in [0, 0.1) is 11.7 Å². The van der Waals surface area contributed by atoms with Crippen LogP contribution in [0.25, 0.3) is 10.8 Å². The Balaban J connectivity index is 1.47. The molecule has 4 aromatic carbocycles. The molecule has 0 aliphatic carbocycles. The third kappa shape index (κ3) is 6.86. The molecule has 1 aliphatic rings. The van der Waals surface area contributed by atoms with E-state index in [1.807, 2.05) is 49.4 Å². The van der Waals surface area contributed by atoms with Gasteiger partial charge in [0, 0.05) is 24.9 Å². The number of urea groups is 1. The number of amides is 3. The summed E-state index contributed by atoms with van der Waals surface area (Å²) in [5.74, 6) is -1.38. The number of aliphatic hydroxyl groups is 1. The highest BCUT2D eigenvalue weighted by molar-refractivity contribution is 7.92. The number of halogens is 1. The number of rotatable bonds is 8. The molecule has 236 valence electrons. The number of benzene rings is 4. The fraction of sp³-hybridized carbons (Fsp3) is 0.273. The number of hydrogen-bond donors (Lipinski definition) is 3. The van der Waals surface area contributed by atoms with Gasteiger partial charge >= 0.3 is 6.03 Å². The Kier molecular flexibility index (Phi) is 9.26. The molecular formula is C33H35FN4O6S. The van der Waals surface area contributed by atoms with Gasteiger partial charge in [0.2, 0.25) is 0 Å². The number of nitrogens with zero attached hydrogens (tertiary/aromatic N) is 2. The van der Waals surface area contributed by atoms with Gasteiger partial charge in [0.15, 0.2) is 5.75 Å². The van der Waals surface area contributed by atoms with E-state index in [0.29, 0.717) is 5.69 Å². The highest BCUT2D eigenvalue weighted by atomic mass is 32.2. The van der Waals surface area contributed by atoms with Crippen LogP contribution in [0.5, 0.6) is 5.75 Å². The summed E-state index contributed by atoms with van der Waals surface area (Å²) >= 11 is 0. The summed E-state index contributed by atoms with van der Waals surface area (Å²) in [4.78, 5) is 29.9. The highest BCUT2D eigenvalue weighted by Gasteiger charge is 2.35. The van der Waals surface area contributed by atoms with Crippen molar-refractivity contribution in [2.75, 3.05) is 36.8 Å². The quantitative estimate of drug-likeness (QED) is 0.246. The maximum atomic E-state index is 13.7. The topological polar surface area (TPSA) is 128 Å². The average Bonchev–Trinajstić information content (AvgIpc) is 3.02. The second-order valence-electron chi connectivity index (χ2n) is 11.2. The number of nitrogens with one attached hydrogen (secondary N) is 2. The van der Waals surface area contributed by atoms with Gasteiger partial charge in [-0.15, -0.1) is 0 Å². The Morgan fingerprint density at radius 2 is 1.71 bits per heavy atom. The smallest absolute Gasteiger partial charge is 0.321 e. The molecule has 12 heteroatoms. The lowest BCUT2D eigenvalue weighted by Gasteiger charge is -2.38. The zero-order valence-electron chi connectivity index (χ0n) is 25.1. The lowest BCUT2D eigenvalue weighted by atomic mass is 9.99. The van der Waals surface area contributed by atoms with E-state index in [4.69, 9.17) is 4.74 Å². The average molecular weight is 635 g/mol. The van der Waals surface area contributed by atoms with Crippen LogP contribution in [0.1, 0.15) is 24.2 Å². The second-order valence-corrected chi connectivity index (χ2v) is 12.9. The summed E-state index contributed by atoms with van der Waals surface area (Å²) in [7, 11) is -2.57. The minimum Gasteiger partial charge on any atom is -0.485 e. The summed E-state index contributed by atoms with van der Waals surface area (Å²) in [5.41, 5.74) is 0.742. The normalized spacial score (nSPS) is 17.4. The Morgan fingerprint density at radius 1 is 1.04 bits per heavy atom. The largest absolute Gasteiger partial charge is 0.485 e. The molecular weight excluding hydrogens is 599 g/mol. The first-order chi connectivity index (χ1) is 21.5. The van der Waals surface area contributed by atoms with Gasteiger partial charge in [0.1, 0.15) is 11.9 Å². The molecule has 1 heterocycles. The molecule has 10 nitrogen and oxygen atoms in total. The van der Waals surface area contributed by atoms with Crippen LogP contribution in [-0.2, 0) is 10.0 Å². The molecule has 5 rings (SSSR count). The number of para-hydroxylation sites is 1. The van der Waals surface area contributed by atoms with E-state index in [1.165, 1.54) is 28.0 Å². The number of ether oxygens (including phenoxy) is 1. The number of likely N-dealkylation sites (N-methyl/N-ethyl adjacent to an activating group) is 1. The fourth-order valence-electron chi connectivity index (χ4n) is 5.26. The van der Waals surface area contributed by atoms with Crippen molar-refractivity contribution < 1.29 is 32.2 Å². The van der Waals surface area contributed by atoms with E-state index < -0.39 is 33.9 Å². The Hall–Kier alpha value is -4.68. The van der Waals surface area contributed by atoms with Crippen molar-refractivity contribution in [1.29, 1.82) is 0 Å². The Morgan fingerprint density at radius 3 is 2.44 bits per heavy atom. The number of carbonyl (C=O) groups is 2. The first kappa shape index (κ1) is 31.7. The number of anilines is 2. The minimum absolute atomic E-state index is 0.00346. The maximum absolute atomic E-state index is 13.7. The molecule has 4 aromatic rings. The third-order valence-electron chi connectivity index (χ3n) is 7.89. The van der Waals surface area contributed by atoms with Crippen LogP contribution < -0.4 is 14.8 Å². The van der Waals surface area contributed by atoms with Gasteiger partial charge in [-0.25, -0.2) is 17.6 Å². The van der Waals surface area contributed by atoms with Crippen molar-refractivity contribution in [2.24, 2.45) is 5.92 Å². The molecule has 0 spiro atoms. The molecule has 3 amide bonds. The third-order valence-corrected chi connectivity index (χ3v) is 9.27. The summed E-state index contributed by atoms with van der Waals surface area (Å²) < 4.78 is 48.9. The molecule has 0 aromatic heterocycles. The first-order valence-electron chi connectivity index (χ1n) is 14.5. The number of fused-ring (bicyclic) bond motifs is 2. The lowest BCUT2D eigenvalue weighted by molar-refractivity contribution is 0.0373. The van der Waals surface area contributed by atoms with Crippen molar-refractivity contribution in [3.05, 3.63) is 96.3 Å². The van der Waals surface area contributed by atoms with Crippen LogP contribution in [0.4, 0.5) is 20.6 Å². The Labute approximate surface area is 261 Å². The molecule has 3 atom stereocenters. The summed E-state index contributed by atoms with van der Waals surface area (Å²) in [6.07, 6.45) is -0.690. The highest BCUT2D eigenvalue weighted by Crippen LogP contribution is 2.36. The Bertz CT molecular complexity index is 1810. The molecule has 45 heavy (non-hydrogen) atoms. The van der Waals surface area contributed by atoms with E-state index in [2.05, 4.69) is 10.0 Å². The van der Waals surface area contributed by atoms with Crippen molar-refractivity contribution in [1.82, 2.24) is 9.80 Å². The molecule has 1 aliphatic heterocycles. The molecule has 0 saturated heterocycles. The molecule has 3 N–H and O–H groups in total. The van der Waals surface area contributed by atoms with E-state index in [9.17, 15) is 27.5 Å². The van der Waals surface area contributed by atoms with Gasteiger partial charge < -0.3 is 25.0 Å². The van der Waals surface area contributed by atoms with Gasteiger partial charge in [-0.3, -0.25) is 9.52 Å². The van der Waals surface area contributed by atoms with E-state index in [1.54, 1.807) is 14.0 Å². The minimum atomic E-state index is -4.19. The fourth-order valence-corrected chi connectivity index (χ4v) is 6.32. The summed E-state index contributed by atoms with van der Waals surface area (Å²) in [6, 6.07) is 21.3. The van der Waals surface area contributed by atoms with Gasteiger partial charge in [-0.1, -0.05) is 49.4 Å². The predicted molar refractivity (Wildman–Crippen MR) is 170 cm³/mol.